The van der Waals surface area contributed by atoms with Gasteiger partial charge in [-0.1, -0.05) is 30.3 Å². The van der Waals surface area contributed by atoms with Gasteiger partial charge in [0.1, 0.15) is 5.82 Å². The molecule has 0 aliphatic carbocycles. The Morgan fingerprint density at radius 2 is 1.48 bits per heavy atom. The summed E-state index contributed by atoms with van der Waals surface area (Å²) >= 11 is 0. The molecule has 0 saturated carbocycles. The Morgan fingerprint density at radius 1 is 0.800 bits per heavy atom. The topological polar surface area (TPSA) is 41.1 Å². The lowest BCUT2D eigenvalue weighted by Gasteiger charge is -2.07. The van der Waals surface area contributed by atoms with Gasteiger partial charge in [0.2, 0.25) is 5.91 Å². The van der Waals surface area contributed by atoms with Crippen LogP contribution in [0.2, 0.25) is 0 Å². The minimum atomic E-state index is -0.330. The lowest BCUT2D eigenvalue weighted by Crippen LogP contribution is -2.07. The highest BCUT2D eigenvalue weighted by atomic mass is 19.1. The highest BCUT2D eigenvalue weighted by Crippen LogP contribution is 2.18. The zero-order valence-electron chi connectivity index (χ0n) is 13.4. The van der Waals surface area contributed by atoms with E-state index in [1.165, 1.54) is 18.2 Å². The Balaban J connectivity index is 1.58. The van der Waals surface area contributed by atoms with Crippen LogP contribution in [0.4, 0.5) is 21.5 Å². The number of carbonyl (C=O) groups is 1. The SMILES string of the molecule is O=C(/C=C/c1cccc(F)c1)Nc1ccc(Nc2ccccc2)cc1. The van der Waals surface area contributed by atoms with E-state index in [9.17, 15) is 9.18 Å². The van der Waals surface area contributed by atoms with E-state index in [0.29, 0.717) is 11.3 Å². The first kappa shape index (κ1) is 16.5. The highest BCUT2D eigenvalue weighted by molar-refractivity contribution is 6.02. The van der Waals surface area contributed by atoms with Gasteiger partial charge in [-0.15, -0.1) is 0 Å². The molecule has 3 nitrogen and oxygen atoms in total. The molecule has 0 bridgehead atoms. The predicted molar refractivity (Wildman–Crippen MR) is 100 cm³/mol. The zero-order chi connectivity index (χ0) is 17.5. The second-order valence-corrected chi connectivity index (χ2v) is 5.45. The van der Waals surface area contributed by atoms with Crippen LogP contribution < -0.4 is 10.6 Å². The molecular formula is C21H17FN2O. The van der Waals surface area contributed by atoms with Crippen LogP contribution in [0.25, 0.3) is 6.08 Å². The van der Waals surface area contributed by atoms with Crippen molar-refractivity contribution in [2.45, 2.75) is 0 Å². The maximum absolute atomic E-state index is 13.1. The molecule has 25 heavy (non-hydrogen) atoms. The number of benzene rings is 3. The minimum absolute atomic E-state index is 0.270. The van der Waals surface area contributed by atoms with E-state index in [0.717, 1.165) is 11.4 Å². The fourth-order valence-electron chi connectivity index (χ4n) is 2.29. The Bertz CT molecular complexity index is 874. The van der Waals surface area contributed by atoms with E-state index in [-0.39, 0.29) is 11.7 Å². The van der Waals surface area contributed by atoms with Gasteiger partial charge < -0.3 is 10.6 Å². The van der Waals surface area contributed by atoms with Gasteiger partial charge in [0.05, 0.1) is 0 Å². The van der Waals surface area contributed by atoms with Crippen LogP contribution in [-0.2, 0) is 4.79 Å². The Labute approximate surface area is 145 Å². The first-order chi connectivity index (χ1) is 12.2. The molecule has 0 fully saturated rings. The zero-order valence-corrected chi connectivity index (χ0v) is 13.4. The molecule has 0 saturated heterocycles. The van der Waals surface area contributed by atoms with Gasteiger partial charge in [0.15, 0.2) is 0 Å². The lowest BCUT2D eigenvalue weighted by atomic mass is 10.2. The summed E-state index contributed by atoms with van der Waals surface area (Å²) in [5, 5.41) is 6.04. The van der Waals surface area contributed by atoms with Crippen molar-refractivity contribution in [2.24, 2.45) is 0 Å². The third-order valence-electron chi connectivity index (χ3n) is 3.49. The van der Waals surface area contributed by atoms with E-state index >= 15 is 0 Å². The first-order valence-corrected chi connectivity index (χ1v) is 7.86. The van der Waals surface area contributed by atoms with Gasteiger partial charge in [-0.3, -0.25) is 4.79 Å². The van der Waals surface area contributed by atoms with Crippen molar-refractivity contribution in [2.75, 3.05) is 10.6 Å². The van der Waals surface area contributed by atoms with Crippen molar-refractivity contribution in [1.29, 1.82) is 0 Å². The maximum atomic E-state index is 13.1. The van der Waals surface area contributed by atoms with E-state index in [1.807, 2.05) is 54.6 Å². The van der Waals surface area contributed by atoms with Crippen molar-refractivity contribution in [3.8, 4) is 0 Å². The monoisotopic (exact) mass is 332 g/mol. The molecule has 0 aromatic heterocycles. The van der Waals surface area contributed by atoms with E-state index in [4.69, 9.17) is 0 Å². The number of carbonyl (C=O) groups excluding carboxylic acids is 1. The van der Waals surface area contributed by atoms with E-state index in [2.05, 4.69) is 10.6 Å². The number of rotatable bonds is 5. The summed E-state index contributed by atoms with van der Waals surface area (Å²) in [6, 6.07) is 23.3. The Hall–Kier alpha value is -3.40. The van der Waals surface area contributed by atoms with Gasteiger partial charge in [0.25, 0.3) is 0 Å². The van der Waals surface area contributed by atoms with Crippen molar-refractivity contribution in [3.05, 3.63) is 96.3 Å². The summed E-state index contributed by atoms with van der Waals surface area (Å²) < 4.78 is 13.1. The third-order valence-corrected chi connectivity index (χ3v) is 3.49. The number of anilines is 3. The molecule has 2 N–H and O–H groups in total. The molecular weight excluding hydrogens is 315 g/mol. The first-order valence-electron chi connectivity index (χ1n) is 7.86. The van der Waals surface area contributed by atoms with Crippen LogP contribution in [0.1, 0.15) is 5.56 Å². The van der Waals surface area contributed by atoms with E-state index in [1.54, 1.807) is 18.2 Å². The van der Waals surface area contributed by atoms with Crippen LogP contribution in [0.3, 0.4) is 0 Å². The molecule has 0 heterocycles. The number of para-hydroxylation sites is 1. The molecule has 124 valence electrons. The normalized spacial score (nSPS) is 10.6. The average molecular weight is 332 g/mol. The van der Waals surface area contributed by atoms with Gasteiger partial charge in [0, 0.05) is 23.1 Å². The number of amides is 1. The molecule has 3 rings (SSSR count). The molecule has 3 aromatic rings. The molecule has 1 amide bonds. The summed E-state index contributed by atoms with van der Waals surface area (Å²) in [6.45, 7) is 0. The van der Waals surface area contributed by atoms with Crippen LogP contribution in [0.5, 0.6) is 0 Å². The lowest BCUT2D eigenvalue weighted by molar-refractivity contribution is -0.111. The molecule has 0 unspecified atom stereocenters. The summed E-state index contributed by atoms with van der Waals surface area (Å²) in [5.41, 5.74) is 3.25. The second kappa shape index (κ2) is 7.93. The fraction of sp³-hybridized carbons (Fsp3) is 0. The third kappa shape index (κ3) is 5.04. The number of hydrogen-bond donors (Lipinski definition) is 2. The van der Waals surface area contributed by atoms with Crippen molar-refractivity contribution in [1.82, 2.24) is 0 Å². The van der Waals surface area contributed by atoms with E-state index < -0.39 is 0 Å². The van der Waals surface area contributed by atoms with Crippen molar-refractivity contribution in [3.63, 3.8) is 0 Å². The quantitative estimate of drug-likeness (QED) is 0.629. The molecule has 0 aliphatic rings. The average Bonchev–Trinajstić information content (AvgIpc) is 2.63. The van der Waals surface area contributed by atoms with Gasteiger partial charge in [-0.05, 0) is 60.2 Å². The molecule has 0 radical (unpaired) electrons. The Morgan fingerprint density at radius 3 is 2.20 bits per heavy atom. The molecule has 4 heteroatoms. The van der Waals surface area contributed by atoms with Crippen molar-refractivity contribution >= 4 is 29.0 Å². The molecule has 0 atom stereocenters. The fourth-order valence-corrected chi connectivity index (χ4v) is 2.29. The molecule has 3 aromatic carbocycles. The van der Waals surface area contributed by atoms with Gasteiger partial charge in [-0.2, -0.15) is 0 Å². The summed E-state index contributed by atoms with van der Waals surface area (Å²) in [7, 11) is 0. The summed E-state index contributed by atoms with van der Waals surface area (Å²) in [4.78, 5) is 11.9. The summed E-state index contributed by atoms with van der Waals surface area (Å²) in [5.74, 6) is -0.600. The second-order valence-electron chi connectivity index (χ2n) is 5.45. The van der Waals surface area contributed by atoms with Gasteiger partial charge in [-0.25, -0.2) is 4.39 Å². The highest BCUT2D eigenvalue weighted by Gasteiger charge is 1.99. The van der Waals surface area contributed by atoms with Crippen LogP contribution >= 0.6 is 0 Å². The number of hydrogen-bond acceptors (Lipinski definition) is 2. The largest absolute Gasteiger partial charge is 0.356 e. The van der Waals surface area contributed by atoms with Crippen molar-refractivity contribution < 1.29 is 9.18 Å². The van der Waals surface area contributed by atoms with Crippen LogP contribution in [-0.4, -0.2) is 5.91 Å². The summed E-state index contributed by atoms with van der Waals surface area (Å²) in [6.07, 6.45) is 2.95. The van der Waals surface area contributed by atoms with Crippen LogP contribution in [0.15, 0.2) is 84.9 Å². The standard InChI is InChI=1S/C21H17FN2O/c22-17-6-4-5-16(15-17)9-14-21(25)24-20-12-10-19(11-13-20)23-18-7-2-1-3-8-18/h1-15,23H,(H,24,25)/b14-9+. The molecule has 0 spiro atoms. The minimum Gasteiger partial charge on any atom is -0.356 e. The predicted octanol–water partition coefficient (Wildman–Crippen LogP) is 5.22. The smallest absolute Gasteiger partial charge is 0.248 e. The maximum Gasteiger partial charge on any atom is 0.248 e. The van der Waals surface area contributed by atoms with Gasteiger partial charge >= 0.3 is 0 Å². The number of nitrogens with one attached hydrogen (secondary N) is 2. The van der Waals surface area contributed by atoms with Crippen LogP contribution in [0, 0.1) is 5.82 Å². The Kier molecular flexibility index (Phi) is 5.22. The number of halogens is 1. The molecule has 0 aliphatic heterocycles.